The SMILES string of the molecule is CCSc1nnc(-c2ccccc2F)n1Cc1ccccc1. The van der Waals surface area contributed by atoms with Gasteiger partial charge >= 0.3 is 0 Å². The Morgan fingerprint density at radius 2 is 1.73 bits per heavy atom. The van der Waals surface area contributed by atoms with Gasteiger partial charge in [-0.05, 0) is 23.4 Å². The zero-order chi connectivity index (χ0) is 15.4. The van der Waals surface area contributed by atoms with Gasteiger partial charge < -0.3 is 0 Å². The van der Waals surface area contributed by atoms with E-state index in [2.05, 4.69) is 17.1 Å². The number of aromatic nitrogens is 3. The molecule has 0 atom stereocenters. The van der Waals surface area contributed by atoms with Gasteiger partial charge in [-0.15, -0.1) is 10.2 Å². The molecule has 3 aromatic rings. The molecule has 0 saturated carbocycles. The normalized spacial score (nSPS) is 10.8. The Labute approximate surface area is 133 Å². The summed E-state index contributed by atoms with van der Waals surface area (Å²) in [7, 11) is 0. The molecule has 22 heavy (non-hydrogen) atoms. The van der Waals surface area contributed by atoms with Crippen molar-refractivity contribution in [3.63, 3.8) is 0 Å². The number of thioether (sulfide) groups is 1. The van der Waals surface area contributed by atoms with E-state index in [4.69, 9.17) is 0 Å². The third kappa shape index (κ3) is 3.04. The predicted molar refractivity (Wildman–Crippen MR) is 87.4 cm³/mol. The molecule has 0 aliphatic carbocycles. The van der Waals surface area contributed by atoms with Gasteiger partial charge in [0, 0.05) is 0 Å². The molecule has 0 fully saturated rings. The summed E-state index contributed by atoms with van der Waals surface area (Å²) in [4.78, 5) is 0. The lowest BCUT2D eigenvalue weighted by Gasteiger charge is -2.10. The van der Waals surface area contributed by atoms with E-state index in [1.165, 1.54) is 6.07 Å². The van der Waals surface area contributed by atoms with E-state index >= 15 is 0 Å². The van der Waals surface area contributed by atoms with E-state index in [1.54, 1.807) is 23.9 Å². The topological polar surface area (TPSA) is 30.7 Å². The highest BCUT2D eigenvalue weighted by Gasteiger charge is 2.16. The Hall–Kier alpha value is -2.14. The van der Waals surface area contributed by atoms with Crippen LogP contribution in [0, 0.1) is 5.82 Å². The highest BCUT2D eigenvalue weighted by molar-refractivity contribution is 7.99. The fourth-order valence-electron chi connectivity index (χ4n) is 2.27. The summed E-state index contributed by atoms with van der Waals surface area (Å²) in [6, 6.07) is 16.7. The average Bonchev–Trinajstić information content (AvgIpc) is 2.92. The fourth-order valence-corrected chi connectivity index (χ4v) is 2.94. The molecule has 1 aromatic heterocycles. The number of halogens is 1. The lowest BCUT2D eigenvalue weighted by molar-refractivity contribution is 0.626. The molecular weight excluding hydrogens is 297 g/mol. The van der Waals surface area contributed by atoms with Crippen LogP contribution in [0.5, 0.6) is 0 Å². The Morgan fingerprint density at radius 1 is 1.00 bits per heavy atom. The van der Waals surface area contributed by atoms with Crippen molar-refractivity contribution in [3.05, 3.63) is 66.0 Å². The molecule has 2 aromatic carbocycles. The van der Waals surface area contributed by atoms with Crippen molar-refractivity contribution >= 4 is 11.8 Å². The highest BCUT2D eigenvalue weighted by atomic mass is 32.2. The second-order valence-corrected chi connectivity index (χ2v) is 6.02. The second kappa shape index (κ2) is 6.75. The number of hydrogen-bond donors (Lipinski definition) is 0. The first-order valence-corrected chi connectivity index (χ1v) is 8.13. The molecule has 0 amide bonds. The summed E-state index contributed by atoms with van der Waals surface area (Å²) in [6.45, 7) is 2.69. The average molecular weight is 313 g/mol. The molecule has 0 aliphatic heterocycles. The quantitative estimate of drug-likeness (QED) is 0.660. The van der Waals surface area contributed by atoms with Gasteiger partial charge in [-0.1, -0.05) is 61.2 Å². The Morgan fingerprint density at radius 3 is 2.45 bits per heavy atom. The number of hydrogen-bond acceptors (Lipinski definition) is 3. The molecule has 3 rings (SSSR count). The first-order chi connectivity index (χ1) is 10.8. The third-order valence-electron chi connectivity index (χ3n) is 3.29. The second-order valence-electron chi connectivity index (χ2n) is 4.79. The van der Waals surface area contributed by atoms with Crippen molar-refractivity contribution in [2.75, 3.05) is 5.75 Å². The Kier molecular flexibility index (Phi) is 4.53. The minimum absolute atomic E-state index is 0.280. The van der Waals surface area contributed by atoms with Gasteiger partial charge in [-0.2, -0.15) is 0 Å². The van der Waals surface area contributed by atoms with E-state index in [-0.39, 0.29) is 5.82 Å². The molecule has 0 saturated heterocycles. The molecule has 0 radical (unpaired) electrons. The summed E-state index contributed by atoms with van der Waals surface area (Å²) in [6.07, 6.45) is 0. The van der Waals surface area contributed by atoms with Crippen LogP contribution in [0.15, 0.2) is 59.8 Å². The Bertz CT molecular complexity index is 756. The summed E-state index contributed by atoms with van der Waals surface area (Å²) < 4.78 is 16.1. The van der Waals surface area contributed by atoms with Crippen LogP contribution < -0.4 is 0 Å². The van der Waals surface area contributed by atoms with Crippen LogP contribution in [0.4, 0.5) is 4.39 Å². The Balaban J connectivity index is 2.06. The van der Waals surface area contributed by atoms with Crippen molar-refractivity contribution in [2.24, 2.45) is 0 Å². The van der Waals surface area contributed by atoms with Gasteiger partial charge in [0.15, 0.2) is 11.0 Å². The first kappa shape index (κ1) is 14.8. The van der Waals surface area contributed by atoms with Crippen molar-refractivity contribution < 1.29 is 4.39 Å². The molecule has 3 nitrogen and oxygen atoms in total. The number of benzene rings is 2. The molecule has 0 bridgehead atoms. The van der Waals surface area contributed by atoms with E-state index in [0.717, 1.165) is 16.5 Å². The van der Waals surface area contributed by atoms with E-state index in [1.807, 2.05) is 41.0 Å². The zero-order valence-corrected chi connectivity index (χ0v) is 13.1. The van der Waals surface area contributed by atoms with Gasteiger partial charge in [0.05, 0.1) is 12.1 Å². The highest BCUT2D eigenvalue weighted by Crippen LogP contribution is 2.26. The number of rotatable bonds is 5. The van der Waals surface area contributed by atoms with Gasteiger partial charge in [0.25, 0.3) is 0 Å². The fraction of sp³-hybridized carbons (Fsp3) is 0.176. The minimum atomic E-state index is -0.280. The van der Waals surface area contributed by atoms with E-state index < -0.39 is 0 Å². The van der Waals surface area contributed by atoms with Crippen molar-refractivity contribution in [1.82, 2.24) is 14.8 Å². The monoisotopic (exact) mass is 313 g/mol. The van der Waals surface area contributed by atoms with Crippen LogP contribution in [0.3, 0.4) is 0 Å². The van der Waals surface area contributed by atoms with Gasteiger partial charge in [0.1, 0.15) is 5.82 Å². The summed E-state index contributed by atoms with van der Waals surface area (Å²) in [5, 5.41) is 9.25. The summed E-state index contributed by atoms with van der Waals surface area (Å²) in [5.74, 6) is 1.18. The maximum Gasteiger partial charge on any atom is 0.191 e. The molecule has 0 spiro atoms. The molecule has 0 aliphatic rings. The van der Waals surface area contributed by atoms with Crippen LogP contribution in [0.25, 0.3) is 11.4 Å². The maximum absolute atomic E-state index is 14.1. The summed E-state index contributed by atoms with van der Waals surface area (Å²) in [5.41, 5.74) is 1.62. The largest absolute Gasteiger partial charge is 0.297 e. The zero-order valence-electron chi connectivity index (χ0n) is 12.2. The first-order valence-electron chi connectivity index (χ1n) is 7.14. The van der Waals surface area contributed by atoms with Crippen molar-refractivity contribution in [2.45, 2.75) is 18.6 Å². The smallest absolute Gasteiger partial charge is 0.191 e. The molecule has 1 heterocycles. The van der Waals surface area contributed by atoms with E-state index in [0.29, 0.717) is 17.9 Å². The van der Waals surface area contributed by atoms with E-state index in [9.17, 15) is 4.39 Å². The van der Waals surface area contributed by atoms with Gasteiger partial charge in [-0.3, -0.25) is 4.57 Å². The van der Waals surface area contributed by atoms with Crippen molar-refractivity contribution in [3.8, 4) is 11.4 Å². The lowest BCUT2D eigenvalue weighted by atomic mass is 10.2. The summed E-state index contributed by atoms with van der Waals surface area (Å²) >= 11 is 1.61. The number of nitrogens with zero attached hydrogens (tertiary/aromatic N) is 3. The van der Waals surface area contributed by atoms with Crippen molar-refractivity contribution in [1.29, 1.82) is 0 Å². The minimum Gasteiger partial charge on any atom is -0.297 e. The molecule has 0 N–H and O–H groups in total. The lowest BCUT2D eigenvalue weighted by Crippen LogP contribution is -2.05. The van der Waals surface area contributed by atoms with Gasteiger partial charge in [-0.25, -0.2) is 4.39 Å². The predicted octanol–water partition coefficient (Wildman–Crippen LogP) is 4.24. The maximum atomic E-state index is 14.1. The molecular formula is C17H16FN3S. The van der Waals surface area contributed by atoms with Crippen LogP contribution in [-0.2, 0) is 6.54 Å². The molecule has 0 unspecified atom stereocenters. The molecule has 5 heteroatoms. The molecule has 112 valence electrons. The van der Waals surface area contributed by atoms with Crippen LogP contribution >= 0.6 is 11.8 Å². The third-order valence-corrected chi connectivity index (χ3v) is 4.14. The standard InChI is InChI=1S/C17H16FN3S/c1-2-22-17-20-19-16(14-10-6-7-11-15(14)18)21(17)12-13-8-4-3-5-9-13/h3-11H,2,12H2,1H3. The van der Waals surface area contributed by atoms with Gasteiger partial charge in [0.2, 0.25) is 0 Å². The van der Waals surface area contributed by atoms with Crippen LogP contribution in [0.2, 0.25) is 0 Å². The van der Waals surface area contributed by atoms with Crippen LogP contribution in [-0.4, -0.2) is 20.5 Å². The van der Waals surface area contributed by atoms with Crippen LogP contribution in [0.1, 0.15) is 12.5 Å².